The molecule has 1 aliphatic rings. The Bertz CT molecular complexity index is 821. The van der Waals surface area contributed by atoms with Gasteiger partial charge in [-0.15, -0.1) is 0 Å². The number of nitrogens with one attached hydrogen (secondary N) is 1. The molecule has 0 spiro atoms. The molecule has 0 aromatic heterocycles. The van der Waals surface area contributed by atoms with Gasteiger partial charge in [-0.1, -0.05) is 29.8 Å². The number of thiocarbonyl (C=S) groups is 1. The highest BCUT2D eigenvalue weighted by atomic mass is 35.5. The Morgan fingerprint density at radius 2 is 1.88 bits per heavy atom. The van der Waals surface area contributed by atoms with Crippen molar-refractivity contribution in [3.8, 4) is 0 Å². The van der Waals surface area contributed by atoms with Crippen molar-refractivity contribution in [2.45, 2.75) is 31.6 Å². The predicted molar refractivity (Wildman–Crippen MR) is 97.6 cm³/mol. The first kappa shape index (κ1) is 18.9. The van der Waals surface area contributed by atoms with Crippen molar-refractivity contribution in [1.82, 2.24) is 4.90 Å². The summed E-state index contributed by atoms with van der Waals surface area (Å²) in [4.78, 5) is 1.72. The summed E-state index contributed by atoms with van der Waals surface area (Å²) in [6, 6.07) is 9.82. The second kappa shape index (κ2) is 7.40. The monoisotopic (exact) mass is 402 g/mol. The van der Waals surface area contributed by atoms with Crippen LogP contribution in [0.15, 0.2) is 42.5 Å². The first-order valence-corrected chi connectivity index (χ1v) is 8.72. The molecule has 1 N–H and O–H groups in total. The molecule has 0 aliphatic heterocycles. The first-order chi connectivity index (χ1) is 12.3. The summed E-state index contributed by atoms with van der Waals surface area (Å²) in [7, 11) is 0. The number of nitrogens with zero attached hydrogens (tertiary/aromatic N) is 1. The number of hydrogen-bond donors (Lipinski definition) is 1. The fourth-order valence-electron chi connectivity index (χ4n) is 2.61. The number of benzene rings is 2. The van der Waals surface area contributed by atoms with Crippen molar-refractivity contribution in [3.05, 3.63) is 64.4 Å². The Hall–Kier alpha value is -1.86. The quantitative estimate of drug-likeness (QED) is 0.509. The molecule has 26 heavy (non-hydrogen) atoms. The average molecular weight is 403 g/mol. The maximum absolute atomic E-state index is 13.9. The summed E-state index contributed by atoms with van der Waals surface area (Å²) in [5, 5.41) is 2.78. The summed E-state index contributed by atoms with van der Waals surface area (Å²) in [6.45, 7) is 0.193. The maximum Gasteiger partial charge on any atom is 0.418 e. The molecule has 0 saturated heterocycles. The minimum absolute atomic E-state index is 0.0146. The van der Waals surface area contributed by atoms with Gasteiger partial charge in [0.2, 0.25) is 0 Å². The molecule has 1 saturated carbocycles. The third kappa shape index (κ3) is 4.45. The SMILES string of the molecule is Fc1ccccc1CN(C(=S)Nc1ccc(Cl)cc1C(F)(F)F)C1CC1. The summed E-state index contributed by atoms with van der Waals surface area (Å²) < 4.78 is 53.7. The van der Waals surface area contributed by atoms with Gasteiger partial charge in [0.1, 0.15) is 5.82 Å². The molecule has 0 bridgehead atoms. The fraction of sp³-hybridized carbons (Fsp3) is 0.278. The number of halogens is 5. The normalized spacial score (nSPS) is 14.2. The minimum atomic E-state index is -4.57. The van der Waals surface area contributed by atoms with E-state index in [1.165, 1.54) is 18.2 Å². The van der Waals surface area contributed by atoms with Gasteiger partial charge in [-0.25, -0.2) is 4.39 Å². The standard InChI is InChI=1S/C18H15ClF4N2S/c19-12-5-8-16(14(9-12)18(21,22)23)24-17(26)25(13-6-7-13)10-11-3-1-2-4-15(11)20/h1-5,8-9,13H,6-7,10H2,(H,24,26). The first-order valence-electron chi connectivity index (χ1n) is 7.93. The highest BCUT2D eigenvalue weighted by Crippen LogP contribution is 2.37. The van der Waals surface area contributed by atoms with Crippen molar-refractivity contribution in [3.63, 3.8) is 0 Å². The molecule has 0 heterocycles. The van der Waals surface area contributed by atoms with E-state index in [-0.39, 0.29) is 34.2 Å². The van der Waals surface area contributed by atoms with Crippen LogP contribution in [0.2, 0.25) is 5.02 Å². The molecule has 0 unspecified atom stereocenters. The van der Waals surface area contributed by atoms with Gasteiger partial charge in [0.05, 0.1) is 11.3 Å². The van der Waals surface area contributed by atoms with Gasteiger partial charge in [-0.2, -0.15) is 13.2 Å². The predicted octanol–water partition coefficient (Wildman–Crippen LogP) is 5.86. The van der Waals surface area contributed by atoms with Crippen LogP contribution in [0.3, 0.4) is 0 Å². The zero-order valence-corrected chi connectivity index (χ0v) is 15.1. The number of alkyl halides is 3. The zero-order chi connectivity index (χ0) is 18.9. The zero-order valence-electron chi connectivity index (χ0n) is 13.5. The van der Waals surface area contributed by atoms with E-state index < -0.39 is 11.7 Å². The molecule has 138 valence electrons. The lowest BCUT2D eigenvalue weighted by atomic mass is 10.1. The molecule has 2 aromatic carbocycles. The van der Waals surface area contributed by atoms with Crippen LogP contribution in [0.25, 0.3) is 0 Å². The Kier molecular flexibility index (Phi) is 5.39. The van der Waals surface area contributed by atoms with Gasteiger partial charge < -0.3 is 10.2 Å². The van der Waals surface area contributed by atoms with E-state index in [0.29, 0.717) is 5.56 Å². The Morgan fingerprint density at radius 1 is 1.19 bits per heavy atom. The number of anilines is 1. The van der Waals surface area contributed by atoms with E-state index in [1.54, 1.807) is 23.1 Å². The Balaban J connectivity index is 1.83. The smallest absolute Gasteiger partial charge is 0.342 e. The molecule has 2 aromatic rings. The highest BCUT2D eigenvalue weighted by Gasteiger charge is 2.35. The molecule has 1 aliphatic carbocycles. The van der Waals surface area contributed by atoms with Crippen LogP contribution in [-0.2, 0) is 12.7 Å². The lowest BCUT2D eigenvalue weighted by molar-refractivity contribution is -0.136. The van der Waals surface area contributed by atoms with Crippen LogP contribution in [0.4, 0.5) is 23.2 Å². The van der Waals surface area contributed by atoms with E-state index in [0.717, 1.165) is 18.9 Å². The van der Waals surface area contributed by atoms with E-state index >= 15 is 0 Å². The van der Waals surface area contributed by atoms with Crippen molar-refractivity contribution >= 4 is 34.6 Å². The van der Waals surface area contributed by atoms with Gasteiger partial charge >= 0.3 is 6.18 Å². The number of rotatable bonds is 4. The summed E-state index contributed by atoms with van der Waals surface area (Å²) >= 11 is 11.0. The third-order valence-corrected chi connectivity index (χ3v) is 4.65. The second-order valence-corrected chi connectivity index (χ2v) is 6.89. The molecular formula is C18H15ClF4N2S. The van der Waals surface area contributed by atoms with Crippen LogP contribution in [0.5, 0.6) is 0 Å². The van der Waals surface area contributed by atoms with Crippen LogP contribution in [0, 0.1) is 5.82 Å². The second-order valence-electron chi connectivity index (χ2n) is 6.07. The van der Waals surface area contributed by atoms with E-state index in [2.05, 4.69) is 5.32 Å². The van der Waals surface area contributed by atoms with Gasteiger partial charge in [-0.3, -0.25) is 0 Å². The molecule has 8 heteroatoms. The largest absolute Gasteiger partial charge is 0.418 e. The van der Waals surface area contributed by atoms with Crippen LogP contribution < -0.4 is 5.32 Å². The van der Waals surface area contributed by atoms with Gasteiger partial charge in [0, 0.05) is 23.2 Å². The van der Waals surface area contributed by atoms with E-state index in [9.17, 15) is 17.6 Å². The molecule has 0 atom stereocenters. The lowest BCUT2D eigenvalue weighted by Gasteiger charge is -2.27. The molecule has 0 amide bonds. The Morgan fingerprint density at radius 3 is 2.50 bits per heavy atom. The minimum Gasteiger partial charge on any atom is -0.342 e. The molecule has 0 radical (unpaired) electrons. The van der Waals surface area contributed by atoms with Gasteiger partial charge in [-0.05, 0) is 49.3 Å². The molecule has 2 nitrogen and oxygen atoms in total. The fourth-order valence-corrected chi connectivity index (χ4v) is 3.11. The Labute approximate surface area is 158 Å². The van der Waals surface area contributed by atoms with Crippen LogP contribution in [0.1, 0.15) is 24.0 Å². The summed E-state index contributed by atoms with van der Waals surface area (Å²) in [6.07, 6.45) is -2.84. The average Bonchev–Trinajstić information content (AvgIpc) is 3.39. The molecular weight excluding hydrogens is 388 g/mol. The topological polar surface area (TPSA) is 15.3 Å². The van der Waals surface area contributed by atoms with Crippen molar-refractivity contribution in [2.75, 3.05) is 5.32 Å². The maximum atomic E-state index is 13.9. The van der Waals surface area contributed by atoms with E-state index in [1.807, 2.05) is 0 Å². The van der Waals surface area contributed by atoms with Crippen LogP contribution >= 0.6 is 23.8 Å². The van der Waals surface area contributed by atoms with Gasteiger partial charge in [0.25, 0.3) is 0 Å². The van der Waals surface area contributed by atoms with Crippen molar-refractivity contribution < 1.29 is 17.6 Å². The van der Waals surface area contributed by atoms with Crippen LogP contribution in [-0.4, -0.2) is 16.1 Å². The summed E-state index contributed by atoms with van der Waals surface area (Å²) in [5.74, 6) is -0.372. The summed E-state index contributed by atoms with van der Waals surface area (Å²) in [5.41, 5.74) is -0.629. The van der Waals surface area contributed by atoms with E-state index in [4.69, 9.17) is 23.8 Å². The lowest BCUT2D eigenvalue weighted by Crippen LogP contribution is -2.36. The van der Waals surface area contributed by atoms with Crippen molar-refractivity contribution in [1.29, 1.82) is 0 Å². The number of hydrogen-bond acceptors (Lipinski definition) is 1. The molecule has 1 fully saturated rings. The van der Waals surface area contributed by atoms with Gasteiger partial charge in [0.15, 0.2) is 5.11 Å². The van der Waals surface area contributed by atoms with Crippen molar-refractivity contribution in [2.24, 2.45) is 0 Å². The molecule has 3 rings (SSSR count). The highest BCUT2D eigenvalue weighted by molar-refractivity contribution is 7.80. The third-order valence-electron chi connectivity index (χ3n) is 4.08.